The standard InChI is InChI=1S/C14H14O2S/c1-2-16-14-8-4-3-7-12(14)13(15)10-11-6-5-9-17-11/h3-9H,2,10H2,1H3. The SMILES string of the molecule is CCOc1ccccc1C(=O)Cc1cccs1. The van der Waals surface area contributed by atoms with Gasteiger partial charge >= 0.3 is 0 Å². The molecule has 0 aliphatic carbocycles. The molecule has 0 unspecified atom stereocenters. The van der Waals surface area contributed by atoms with Gasteiger partial charge in [0.05, 0.1) is 12.2 Å². The van der Waals surface area contributed by atoms with Crippen molar-refractivity contribution in [3.8, 4) is 5.75 Å². The van der Waals surface area contributed by atoms with Gasteiger partial charge in [0.15, 0.2) is 5.78 Å². The summed E-state index contributed by atoms with van der Waals surface area (Å²) in [6.07, 6.45) is 0.446. The second kappa shape index (κ2) is 5.64. The zero-order valence-electron chi connectivity index (χ0n) is 9.68. The fourth-order valence-corrected chi connectivity index (χ4v) is 2.35. The number of carbonyl (C=O) groups excluding carboxylic acids is 1. The van der Waals surface area contributed by atoms with Crippen LogP contribution >= 0.6 is 11.3 Å². The van der Waals surface area contributed by atoms with Gasteiger partial charge in [-0.05, 0) is 30.5 Å². The number of para-hydroxylation sites is 1. The molecule has 1 aromatic carbocycles. The highest BCUT2D eigenvalue weighted by molar-refractivity contribution is 7.10. The Morgan fingerprint density at radius 3 is 2.76 bits per heavy atom. The third-order valence-corrected chi connectivity index (χ3v) is 3.28. The lowest BCUT2D eigenvalue weighted by Gasteiger charge is -2.08. The number of rotatable bonds is 5. The number of Topliss-reactive ketones (excluding diaryl/α,β-unsaturated/α-hetero) is 1. The maximum Gasteiger partial charge on any atom is 0.171 e. The predicted molar refractivity (Wildman–Crippen MR) is 70.0 cm³/mol. The molecule has 0 bridgehead atoms. The van der Waals surface area contributed by atoms with Crippen molar-refractivity contribution in [1.82, 2.24) is 0 Å². The van der Waals surface area contributed by atoms with E-state index in [0.29, 0.717) is 24.3 Å². The Kier molecular flexibility index (Phi) is 3.94. The lowest BCUT2D eigenvalue weighted by atomic mass is 10.1. The van der Waals surface area contributed by atoms with Crippen LogP contribution in [0.2, 0.25) is 0 Å². The Morgan fingerprint density at radius 2 is 2.06 bits per heavy atom. The molecule has 1 aromatic heterocycles. The van der Waals surface area contributed by atoms with E-state index in [1.165, 1.54) is 0 Å². The van der Waals surface area contributed by atoms with Crippen LogP contribution in [0.5, 0.6) is 5.75 Å². The molecule has 0 amide bonds. The summed E-state index contributed by atoms with van der Waals surface area (Å²) in [5.74, 6) is 0.785. The minimum absolute atomic E-state index is 0.108. The molecule has 0 aliphatic heterocycles. The number of hydrogen-bond donors (Lipinski definition) is 0. The lowest BCUT2D eigenvalue weighted by Crippen LogP contribution is -2.05. The van der Waals surface area contributed by atoms with E-state index in [1.807, 2.05) is 48.7 Å². The molecular formula is C14H14O2S. The number of thiophene rings is 1. The van der Waals surface area contributed by atoms with Crippen LogP contribution in [0.1, 0.15) is 22.2 Å². The average molecular weight is 246 g/mol. The van der Waals surface area contributed by atoms with Crippen molar-refractivity contribution in [1.29, 1.82) is 0 Å². The summed E-state index contributed by atoms with van der Waals surface area (Å²) >= 11 is 1.60. The number of hydrogen-bond acceptors (Lipinski definition) is 3. The van der Waals surface area contributed by atoms with E-state index in [9.17, 15) is 4.79 Å². The Labute approximate surface area is 105 Å². The van der Waals surface area contributed by atoms with Crippen LogP contribution in [0.3, 0.4) is 0 Å². The zero-order valence-corrected chi connectivity index (χ0v) is 10.5. The molecule has 88 valence electrons. The normalized spacial score (nSPS) is 10.2. The fraction of sp³-hybridized carbons (Fsp3) is 0.214. The average Bonchev–Trinajstić information content (AvgIpc) is 2.83. The van der Waals surface area contributed by atoms with E-state index in [2.05, 4.69) is 0 Å². The van der Waals surface area contributed by atoms with Crippen LogP contribution in [0, 0.1) is 0 Å². The second-order valence-electron chi connectivity index (χ2n) is 3.61. The summed E-state index contributed by atoms with van der Waals surface area (Å²) < 4.78 is 5.46. The molecule has 0 radical (unpaired) electrons. The largest absolute Gasteiger partial charge is 0.493 e. The van der Waals surface area contributed by atoms with Gasteiger partial charge in [-0.25, -0.2) is 0 Å². The highest BCUT2D eigenvalue weighted by atomic mass is 32.1. The highest BCUT2D eigenvalue weighted by Gasteiger charge is 2.12. The van der Waals surface area contributed by atoms with Gasteiger partial charge in [0.1, 0.15) is 5.75 Å². The van der Waals surface area contributed by atoms with Crippen LogP contribution in [0.4, 0.5) is 0 Å². The first-order valence-corrected chi connectivity index (χ1v) is 6.46. The topological polar surface area (TPSA) is 26.3 Å². The van der Waals surface area contributed by atoms with Gasteiger partial charge in [0.25, 0.3) is 0 Å². The van der Waals surface area contributed by atoms with E-state index < -0.39 is 0 Å². The maximum absolute atomic E-state index is 12.1. The molecule has 0 fully saturated rings. The van der Waals surface area contributed by atoms with E-state index in [0.717, 1.165) is 4.88 Å². The van der Waals surface area contributed by atoms with Crippen LogP contribution in [0.25, 0.3) is 0 Å². The van der Waals surface area contributed by atoms with Crippen LogP contribution < -0.4 is 4.74 Å². The summed E-state index contributed by atoms with van der Waals surface area (Å²) in [5, 5.41) is 1.98. The van der Waals surface area contributed by atoms with E-state index >= 15 is 0 Å². The third-order valence-electron chi connectivity index (χ3n) is 2.40. The molecule has 0 N–H and O–H groups in total. The number of benzene rings is 1. The highest BCUT2D eigenvalue weighted by Crippen LogP contribution is 2.21. The van der Waals surface area contributed by atoms with Crippen molar-refractivity contribution in [2.45, 2.75) is 13.3 Å². The molecule has 0 saturated heterocycles. The van der Waals surface area contributed by atoms with Gasteiger partial charge in [-0.3, -0.25) is 4.79 Å². The monoisotopic (exact) mass is 246 g/mol. The van der Waals surface area contributed by atoms with Crippen molar-refractivity contribution in [2.75, 3.05) is 6.61 Å². The van der Waals surface area contributed by atoms with Crippen LogP contribution in [-0.4, -0.2) is 12.4 Å². The Morgan fingerprint density at radius 1 is 1.24 bits per heavy atom. The van der Waals surface area contributed by atoms with E-state index in [4.69, 9.17) is 4.74 Å². The van der Waals surface area contributed by atoms with Crippen molar-refractivity contribution < 1.29 is 9.53 Å². The molecule has 2 aromatic rings. The molecular weight excluding hydrogens is 232 g/mol. The Balaban J connectivity index is 2.18. The lowest BCUT2D eigenvalue weighted by molar-refractivity contribution is 0.0990. The van der Waals surface area contributed by atoms with Crippen LogP contribution in [-0.2, 0) is 6.42 Å². The number of ether oxygens (including phenoxy) is 1. The minimum atomic E-state index is 0.108. The van der Waals surface area contributed by atoms with Gasteiger partial charge in [0, 0.05) is 11.3 Å². The molecule has 0 spiro atoms. The fourth-order valence-electron chi connectivity index (χ4n) is 1.65. The Hall–Kier alpha value is -1.61. The molecule has 1 heterocycles. The second-order valence-corrected chi connectivity index (χ2v) is 4.64. The van der Waals surface area contributed by atoms with Gasteiger partial charge in [-0.15, -0.1) is 11.3 Å². The van der Waals surface area contributed by atoms with Crippen LogP contribution in [0.15, 0.2) is 41.8 Å². The van der Waals surface area contributed by atoms with Gasteiger partial charge < -0.3 is 4.74 Å². The quantitative estimate of drug-likeness (QED) is 0.754. The smallest absolute Gasteiger partial charge is 0.171 e. The summed E-state index contributed by atoms with van der Waals surface area (Å²) in [6.45, 7) is 2.49. The van der Waals surface area contributed by atoms with Crippen molar-refractivity contribution in [3.05, 3.63) is 52.2 Å². The number of ketones is 1. The van der Waals surface area contributed by atoms with Crippen molar-refractivity contribution >= 4 is 17.1 Å². The third kappa shape index (κ3) is 2.94. The van der Waals surface area contributed by atoms with E-state index in [1.54, 1.807) is 11.3 Å². The molecule has 0 atom stereocenters. The molecule has 17 heavy (non-hydrogen) atoms. The molecule has 0 aliphatic rings. The predicted octanol–water partition coefficient (Wildman–Crippen LogP) is 3.57. The first-order chi connectivity index (χ1) is 8.31. The Bertz CT molecular complexity index is 489. The van der Waals surface area contributed by atoms with E-state index in [-0.39, 0.29) is 5.78 Å². The molecule has 0 saturated carbocycles. The number of carbonyl (C=O) groups is 1. The minimum Gasteiger partial charge on any atom is -0.493 e. The van der Waals surface area contributed by atoms with Crippen molar-refractivity contribution in [3.63, 3.8) is 0 Å². The summed E-state index contributed by atoms with van der Waals surface area (Å²) in [7, 11) is 0. The first kappa shape index (κ1) is 11.9. The first-order valence-electron chi connectivity index (χ1n) is 5.58. The summed E-state index contributed by atoms with van der Waals surface area (Å²) in [4.78, 5) is 13.2. The maximum atomic E-state index is 12.1. The van der Waals surface area contributed by atoms with Crippen molar-refractivity contribution in [2.24, 2.45) is 0 Å². The van der Waals surface area contributed by atoms with Gasteiger partial charge in [-0.2, -0.15) is 0 Å². The summed E-state index contributed by atoms with van der Waals surface area (Å²) in [5.41, 5.74) is 0.669. The van der Waals surface area contributed by atoms with Gasteiger partial charge in [0.2, 0.25) is 0 Å². The summed E-state index contributed by atoms with van der Waals surface area (Å²) in [6, 6.07) is 11.3. The molecule has 2 nitrogen and oxygen atoms in total. The molecule has 3 heteroatoms. The molecule has 2 rings (SSSR count). The zero-order chi connectivity index (χ0) is 12.1. The van der Waals surface area contributed by atoms with Gasteiger partial charge in [-0.1, -0.05) is 18.2 Å².